The van der Waals surface area contributed by atoms with Crippen LogP contribution in [-0.2, 0) is 0 Å². The van der Waals surface area contributed by atoms with Crippen molar-refractivity contribution in [3.63, 3.8) is 0 Å². The summed E-state index contributed by atoms with van der Waals surface area (Å²) in [7, 11) is 1.65. The lowest BCUT2D eigenvalue weighted by Gasteiger charge is -2.32. The summed E-state index contributed by atoms with van der Waals surface area (Å²) in [4.78, 5) is 16.7. The minimum atomic E-state index is 0.0490. The van der Waals surface area contributed by atoms with Crippen LogP contribution in [0, 0.1) is 5.92 Å². The third kappa shape index (κ3) is 5.39. The van der Waals surface area contributed by atoms with Crippen molar-refractivity contribution in [2.45, 2.75) is 25.4 Å². The highest BCUT2D eigenvalue weighted by atomic mass is 16.5. The first-order valence-corrected chi connectivity index (χ1v) is 9.85. The Bertz CT molecular complexity index is 629. The van der Waals surface area contributed by atoms with Gasteiger partial charge in [0.2, 0.25) is 0 Å². The van der Waals surface area contributed by atoms with Crippen LogP contribution in [0.4, 0.5) is 4.79 Å². The van der Waals surface area contributed by atoms with Crippen LogP contribution in [0.25, 0.3) is 0 Å². The van der Waals surface area contributed by atoms with Crippen LogP contribution in [0.15, 0.2) is 36.9 Å². The summed E-state index contributed by atoms with van der Waals surface area (Å²) in [6, 6.07) is 7.75. The Morgan fingerprint density at radius 2 is 1.96 bits per heavy atom. The zero-order valence-corrected chi connectivity index (χ0v) is 16.2. The fourth-order valence-electron chi connectivity index (χ4n) is 3.84. The Labute approximate surface area is 162 Å². The first-order chi connectivity index (χ1) is 13.2. The van der Waals surface area contributed by atoms with Crippen molar-refractivity contribution in [3.05, 3.63) is 36.9 Å². The number of amides is 2. The molecule has 0 radical (unpaired) electrons. The number of nitrogens with zero attached hydrogens (tertiary/aromatic N) is 2. The van der Waals surface area contributed by atoms with Crippen LogP contribution in [0.5, 0.6) is 11.5 Å². The number of ether oxygens (including phenoxy) is 2. The number of methoxy groups -OCH3 is 1. The van der Waals surface area contributed by atoms with Crippen LogP contribution in [-0.4, -0.2) is 68.3 Å². The minimum Gasteiger partial charge on any atom is -0.493 e. The summed E-state index contributed by atoms with van der Waals surface area (Å²) in [6.07, 6.45) is 4.87. The molecule has 2 fully saturated rings. The highest BCUT2D eigenvalue weighted by molar-refractivity contribution is 5.74. The summed E-state index contributed by atoms with van der Waals surface area (Å²) in [5.41, 5.74) is 0. The average Bonchev–Trinajstić information content (AvgIpc) is 3.15. The maximum Gasteiger partial charge on any atom is 0.317 e. The van der Waals surface area contributed by atoms with Gasteiger partial charge in [-0.25, -0.2) is 4.79 Å². The monoisotopic (exact) mass is 373 g/mol. The van der Waals surface area contributed by atoms with E-state index in [1.54, 1.807) is 7.11 Å². The molecule has 2 amide bonds. The molecular formula is C21H31N3O3. The molecule has 6 nitrogen and oxygen atoms in total. The van der Waals surface area contributed by atoms with E-state index in [-0.39, 0.29) is 12.1 Å². The van der Waals surface area contributed by atoms with Gasteiger partial charge in [0, 0.05) is 45.6 Å². The standard InChI is InChI=1S/C21H31N3O3/c1-3-11-23-12-8-17(16-23)15-22-21(25)24-13-9-18(10-14-24)27-20-7-5-4-6-19(20)26-2/h3-7,17-18H,1,8-16H2,2H3,(H,22,25)/t17-/m0/s1. The van der Waals surface area contributed by atoms with Gasteiger partial charge in [-0.05, 0) is 31.0 Å². The van der Waals surface area contributed by atoms with Crippen molar-refractivity contribution in [3.8, 4) is 11.5 Å². The average molecular weight is 373 g/mol. The molecule has 0 unspecified atom stereocenters. The lowest BCUT2D eigenvalue weighted by Crippen LogP contribution is -2.47. The van der Waals surface area contributed by atoms with Gasteiger partial charge in [-0.3, -0.25) is 4.90 Å². The first-order valence-electron chi connectivity index (χ1n) is 9.85. The van der Waals surface area contributed by atoms with Gasteiger partial charge in [-0.1, -0.05) is 18.2 Å². The molecule has 1 aromatic rings. The zero-order chi connectivity index (χ0) is 19.1. The molecule has 2 aliphatic rings. The maximum atomic E-state index is 12.5. The predicted molar refractivity (Wildman–Crippen MR) is 106 cm³/mol. The van der Waals surface area contributed by atoms with Crippen molar-refractivity contribution in [2.75, 3.05) is 46.4 Å². The van der Waals surface area contributed by atoms with E-state index in [1.807, 2.05) is 35.2 Å². The molecule has 2 aliphatic heterocycles. The molecule has 6 heteroatoms. The summed E-state index contributed by atoms with van der Waals surface area (Å²) < 4.78 is 11.4. The number of hydrogen-bond donors (Lipinski definition) is 1. The van der Waals surface area contributed by atoms with Gasteiger partial charge >= 0.3 is 6.03 Å². The van der Waals surface area contributed by atoms with Gasteiger partial charge in [0.15, 0.2) is 11.5 Å². The summed E-state index contributed by atoms with van der Waals surface area (Å²) in [6.45, 7) is 9.06. The van der Waals surface area contributed by atoms with Crippen LogP contribution in [0.2, 0.25) is 0 Å². The lowest BCUT2D eigenvalue weighted by atomic mass is 10.1. The first kappa shape index (κ1) is 19.5. The van der Waals surface area contributed by atoms with Crippen molar-refractivity contribution in [1.29, 1.82) is 0 Å². The highest BCUT2D eigenvalue weighted by Crippen LogP contribution is 2.29. The number of carbonyl (C=O) groups is 1. The smallest absolute Gasteiger partial charge is 0.317 e. The van der Waals surface area contributed by atoms with E-state index in [1.165, 1.54) is 0 Å². The van der Waals surface area contributed by atoms with E-state index in [0.29, 0.717) is 5.92 Å². The lowest BCUT2D eigenvalue weighted by molar-refractivity contribution is 0.108. The molecule has 0 spiro atoms. The van der Waals surface area contributed by atoms with Crippen molar-refractivity contribution < 1.29 is 14.3 Å². The van der Waals surface area contributed by atoms with E-state index in [9.17, 15) is 4.79 Å². The summed E-state index contributed by atoms with van der Waals surface area (Å²) >= 11 is 0. The molecule has 1 atom stereocenters. The van der Waals surface area contributed by atoms with E-state index < -0.39 is 0 Å². The van der Waals surface area contributed by atoms with Crippen molar-refractivity contribution >= 4 is 6.03 Å². The van der Waals surface area contributed by atoms with E-state index in [4.69, 9.17) is 9.47 Å². The second-order valence-electron chi connectivity index (χ2n) is 7.34. The molecular weight excluding hydrogens is 342 g/mol. The fourth-order valence-corrected chi connectivity index (χ4v) is 3.84. The Balaban J connectivity index is 1.38. The SMILES string of the molecule is C=CCN1CC[C@@H](CNC(=O)N2CCC(Oc3ccccc3OC)CC2)C1. The van der Waals surface area contributed by atoms with Crippen LogP contribution < -0.4 is 14.8 Å². The van der Waals surface area contributed by atoms with Crippen LogP contribution in [0.1, 0.15) is 19.3 Å². The Morgan fingerprint density at radius 3 is 2.67 bits per heavy atom. The molecule has 0 aromatic heterocycles. The Hall–Kier alpha value is -2.21. The van der Waals surface area contributed by atoms with Gasteiger partial charge in [-0.2, -0.15) is 0 Å². The second kappa shape index (κ2) is 9.65. The topological polar surface area (TPSA) is 54.0 Å². The number of benzene rings is 1. The number of nitrogens with one attached hydrogen (secondary N) is 1. The minimum absolute atomic E-state index is 0.0490. The van der Waals surface area contributed by atoms with Crippen molar-refractivity contribution in [1.82, 2.24) is 15.1 Å². The van der Waals surface area contributed by atoms with Gasteiger partial charge in [0.1, 0.15) is 6.10 Å². The van der Waals surface area contributed by atoms with Crippen LogP contribution >= 0.6 is 0 Å². The van der Waals surface area contributed by atoms with Crippen molar-refractivity contribution in [2.24, 2.45) is 5.92 Å². The molecule has 27 heavy (non-hydrogen) atoms. The number of piperidine rings is 1. The number of carbonyl (C=O) groups excluding carboxylic acids is 1. The molecule has 0 saturated carbocycles. The van der Waals surface area contributed by atoms with Gasteiger partial charge in [-0.15, -0.1) is 6.58 Å². The molecule has 1 N–H and O–H groups in total. The molecule has 3 rings (SSSR count). The molecule has 2 saturated heterocycles. The number of hydrogen-bond acceptors (Lipinski definition) is 4. The summed E-state index contributed by atoms with van der Waals surface area (Å²) in [5, 5.41) is 3.11. The normalized spacial score (nSPS) is 21.1. The molecule has 0 aliphatic carbocycles. The largest absolute Gasteiger partial charge is 0.493 e. The van der Waals surface area contributed by atoms with Gasteiger partial charge < -0.3 is 19.7 Å². The number of urea groups is 1. The van der Waals surface area contributed by atoms with E-state index in [2.05, 4.69) is 16.8 Å². The fraction of sp³-hybridized carbons (Fsp3) is 0.571. The molecule has 148 valence electrons. The zero-order valence-electron chi connectivity index (χ0n) is 16.2. The van der Waals surface area contributed by atoms with E-state index in [0.717, 1.165) is 70.0 Å². The second-order valence-corrected chi connectivity index (χ2v) is 7.34. The Kier molecular flexibility index (Phi) is 6.98. The third-order valence-electron chi connectivity index (χ3n) is 5.39. The van der Waals surface area contributed by atoms with Gasteiger partial charge in [0.25, 0.3) is 0 Å². The number of likely N-dealkylation sites (tertiary alicyclic amines) is 2. The Morgan fingerprint density at radius 1 is 1.22 bits per heavy atom. The maximum absolute atomic E-state index is 12.5. The summed E-state index contributed by atoms with van der Waals surface area (Å²) in [5.74, 6) is 2.06. The molecule has 1 aromatic carbocycles. The quantitative estimate of drug-likeness (QED) is 0.747. The third-order valence-corrected chi connectivity index (χ3v) is 5.39. The predicted octanol–water partition coefficient (Wildman–Crippen LogP) is 2.76. The van der Waals surface area contributed by atoms with Gasteiger partial charge in [0.05, 0.1) is 7.11 Å². The number of para-hydroxylation sites is 2. The van der Waals surface area contributed by atoms with E-state index >= 15 is 0 Å². The van der Waals surface area contributed by atoms with Crippen LogP contribution in [0.3, 0.4) is 0 Å². The molecule has 0 bridgehead atoms. The molecule has 2 heterocycles. The number of rotatable bonds is 7. The highest BCUT2D eigenvalue weighted by Gasteiger charge is 2.26.